The van der Waals surface area contributed by atoms with Crippen LogP contribution in [0.5, 0.6) is 11.5 Å². The van der Waals surface area contributed by atoms with Crippen LogP contribution in [0.2, 0.25) is 0 Å². The smallest absolute Gasteiger partial charge is 0.192 e. The Morgan fingerprint density at radius 1 is 1.03 bits per heavy atom. The molecule has 0 saturated heterocycles. The van der Waals surface area contributed by atoms with E-state index in [0.29, 0.717) is 48.3 Å². The summed E-state index contributed by atoms with van der Waals surface area (Å²) in [5, 5.41) is 0. The van der Waals surface area contributed by atoms with Crippen molar-refractivity contribution in [3.63, 3.8) is 0 Å². The third-order valence-corrected chi connectivity index (χ3v) is 5.60. The normalized spacial score (nSPS) is 17.9. The number of hydrogen-bond acceptors (Lipinski definition) is 6. The Hall–Kier alpha value is -3.61. The van der Waals surface area contributed by atoms with Crippen molar-refractivity contribution in [2.75, 3.05) is 26.8 Å². The van der Waals surface area contributed by atoms with Gasteiger partial charge in [-0.2, -0.15) is 0 Å². The fourth-order valence-electron chi connectivity index (χ4n) is 4.05. The Kier molecular flexibility index (Phi) is 5.99. The molecule has 0 bridgehead atoms. The first-order valence-electron chi connectivity index (χ1n) is 10.7. The molecule has 1 aliphatic heterocycles. The van der Waals surface area contributed by atoms with Gasteiger partial charge in [-0.15, -0.1) is 0 Å². The number of halogens is 1. The van der Waals surface area contributed by atoms with Crippen LogP contribution >= 0.6 is 0 Å². The quantitative estimate of drug-likeness (QED) is 0.604. The fourth-order valence-corrected chi connectivity index (χ4v) is 4.05. The summed E-state index contributed by atoms with van der Waals surface area (Å²) in [5.41, 5.74) is 8.29. The number of nitrogens with zero attached hydrogens (tertiary/aromatic N) is 3. The van der Waals surface area contributed by atoms with E-state index in [1.54, 1.807) is 24.5 Å². The molecule has 0 radical (unpaired) electrons. The van der Waals surface area contributed by atoms with Crippen LogP contribution < -0.4 is 15.2 Å². The van der Waals surface area contributed by atoms with Gasteiger partial charge in [0, 0.05) is 30.6 Å². The van der Waals surface area contributed by atoms with Gasteiger partial charge < -0.3 is 20.1 Å². The van der Waals surface area contributed by atoms with Crippen LogP contribution in [0.1, 0.15) is 25.0 Å². The van der Waals surface area contributed by atoms with E-state index < -0.39 is 5.54 Å². The minimum atomic E-state index is -0.819. The molecule has 2 N–H and O–H groups in total. The van der Waals surface area contributed by atoms with Crippen molar-refractivity contribution in [3.05, 3.63) is 77.9 Å². The van der Waals surface area contributed by atoms with E-state index in [1.807, 2.05) is 56.1 Å². The minimum Gasteiger partial charge on any atom is -0.490 e. The van der Waals surface area contributed by atoms with Gasteiger partial charge in [-0.1, -0.05) is 18.2 Å². The molecule has 32 heavy (non-hydrogen) atoms. The maximum atomic E-state index is 14.8. The molecule has 6 nitrogen and oxygen atoms in total. The number of nitrogens with two attached hydrogens (primary N) is 1. The molecule has 1 aromatic heterocycles. The van der Waals surface area contributed by atoms with Crippen LogP contribution in [-0.4, -0.2) is 42.6 Å². The van der Waals surface area contributed by atoms with Crippen LogP contribution in [-0.2, 0) is 5.54 Å². The Balaban J connectivity index is 1.89. The second kappa shape index (κ2) is 8.86. The van der Waals surface area contributed by atoms with Gasteiger partial charge >= 0.3 is 0 Å². The molecule has 0 saturated carbocycles. The van der Waals surface area contributed by atoms with E-state index in [2.05, 4.69) is 4.98 Å². The third kappa shape index (κ3) is 3.86. The van der Waals surface area contributed by atoms with E-state index >= 15 is 0 Å². The van der Waals surface area contributed by atoms with Gasteiger partial charge in [-0.05, 0) is 55.3 Å². The van der Waals surface area contributed by atoms with Crippen LogP contribution in [0, 0.1) is 5.82 Å². The molecule has 0 spiro atoms. The Morgan fingerprint density at radius 3 is 2.41 bits per heavy atom. The predicted octanol–water partition coefficient (Wildman–Crippen LogP) is 4.19. The standard InChI is InChI=1S/C25H27FN4O2/c1-4-31-22-11-9-19(14-23(22)32-5-2)25(16-30(3)24(27)29-25)18-8-10-21(26)20(13-18)17-7-6-12-28-15-17/h6-15H,4-5,16H2,1-3H3,(H2,27,29). The van der Waals surface area contributed by atoms with E-state index in [0.717, 1.165) is 11.1 Å². The lowest BCUT2D eigenvalue weighted by Gasteiger charge is -2.29. The highest BCUT2D eigenvalue weighted by molar-refractivity contribution is 5.82. The monoisotopic (exact) mass is 434 g/mol. The lowest BCUT2D eigenvalue weighted by atomic mass is 9.82. The summed E-state index contributed by atoms with van der Waals surface area (Å²) in [6.45, 7) is 5.41. The summed E-state index contributed by atoms with van der Waals surface area (Å²) in [6.07, 6.45) is 3.32. The summed E-state index contributed by atoms with van der Waals surface area (Å²) in [7, 11) is 1.89. The molecular formula is C25H27FN4O2. The topological polar surface area (TPSA) is 73.0 Å². The lowest BCUT2D eigenvalue weighted by Crippen LogP contribution is -2.35. The number of likely N-dealkylation sites (N-methyl/N-ethyl adjacent to an activating group) is 1. The van der Waals surface area contributed by atoms with Gasteiger partial charge in [-0.25, -0.2) is 9.38 Å². The average Bonchev–Trinajstić information content (AvgIpc) is 3.11. The SMILES string of the molecule is CCOc1ccc(C2(c3ccc(F)c(-c4cccnc4)c3)CN(C)C(N)=N2)cc1OCC. The summed E-state index contributed by atoms with van der Waals surface area (Å²) in [4.78, 5) is 10.9. The second-order valence-corrected chi connectivity index (χ2v) is 7.65. The Bertz CT molecular complexity index is 1140. The van der Waals surface area contributed by atoms with Crippen LogP contribution in [0.3, 0.4) is 0 Å². The number of benzene rings is 2. The van der Waals surface area contributed by atoms with Crippen molar-refractivity contribution in [2.45, 2.75) is 19.4 Å². The molecule has 0 aliphatic carbocycles. The summed E-state index contributed by atoms with van der Waals surface area (Å²) >= 11 is 0. The van der Waals surface area contributed by atoms with E-state index in [-0.39, 0.29) is 5.82 Å². The Labute approximate surface area is 187 Å². The van der Waals surface area contributed by atoms with E-state index in [1.165, 1.54) is 6.07 Å². The zero-order chi connectivity index (χ0) is 22.7. The number of aliphatic imine (C=N–C) groups is 1. The van der Waals surface area contributed by atoms with Crippen LogP contribution in [0.4, 0.5) is 4.39 Å². The van der Waals surface area contributed by atoms with Gasteiger partial charge in [-0.3, -0.25) is 4.98 Å². The van der Waals surface area contributed by atoms with Crippen LogP contribution in [0.15, 0.2) is 65.9 Å². The Morgan fingerprint density at radius 2 is 1.75 bits per heavy atom. The second-order valence-electron chi connectivity index (χ2n) is 7.65. The summed E-state index contributed by atoms with van der Waals surface area (Å²) < 4.78 is 26.4. The largest absolute Gasteiger partial charge is 0.490 e. The maximum Gasteiger partial charge on any atom is 0.192 e. The van der Waals surface area contributed by atoms with Gasteiger partial charge in [0.15, 0.2) is 17.5 Å². The van der Waals surface area contributed by atoms with E-state index in [4.69, 9.17) is 20.2 Å². The summed E-state index contributed by atoms with van der Waals surface area (Å²) in [5.74, 6) is 1.42. The van der Waals surface area contributed by atoms with Gasteiger partial charge in [0.25, 0.3) is 0 Å². The van der Waals surface area contributed by atoms with Crippen molar-refractivity contribution < 1.29 is 13.9 Å². The first-order chi connectivity index (χ1) is 15.5. The lowest BCUT2D eigenvalue weighted by molar-refractivity contribution is 0.286. The average molecular weight is 435 g/mol. The first kappa shape index (κ1) is 21.6. The zero-order valence-electron chi connectivity index (χ0n) is 18.5. The van der Waals surface area contributed by atoms with Crippen molar-refractivity contribution in [3.8, 4) is 22.6 Å². The molecule has 3 aromatic rings. The molecule has 2 aromatic carbocycles. The van der Waals surface area contributed by atoms with E-state index in [9.17, 15) is 4.39 Å². The molecule has 1 unspecified atom stereocenters. The molecule has 166 valence electrons. The highest BCUT2D eigenvalue weighted by Gasteiger charge is 2.41. The van der Waals surface area contributed by atoms with Crippen LogP contribution in [0.25, 0.3) is 11.1 Å². The van der Waals surface area contributed by atoms with Crippen molar-refractivity contribution in [1.29, 1.82) is 0 Å². The molecule has 1 atom stereocenters. The zero-order valence-corrected chi connectivity index (χ0v) is 18.5. The molecule has 7 heteroatoms. The van der Waals surface area contributed by atoms with Crippen molar-refractivity contribution in [1.82, 2.24) is 9.88 Å². The number of aromatic nitrogens is 1. The number of pyridine rings is 1. The highest BCUT2D eigenvalue weighted by atomic mass is 19.1. The molecule has 0 amide bonds. The predicted molar refractivity (Wildman–Crippen MR) is 123 cm³/mol. The molecule has 4 rings (SSSR count). The number of ether oxygens (including phenoxy) is 2. The number of hydrogen-bond donors (Lipinski definition) is 1. The first-order valence-corrected chi connectivity index (χ1v) is 10.7. The molecule has 1 aliphatic rings. The number of rotatable bonds is 7. The molecule has 2 heterocycles. The molecular weight excluding hydrogens is 407 g/mol. The van der Waals surface area contributed by atoms with Gasteiger partial charge in [0.2, 0.25) is 0 Å². The number of guanidine groups is 1. The maximum absolute atomic E-state index is 14.8. The van der Waals surface area contributed by atoms with Gasteiger partial charge in [0.05, 0.1) is 19.8 Å². The fraction of sp³-hybridized carbons (Fsp3) is 0.280. The van der Waals surface area contributed by atoms with Crippen molar-refractivity contribution in [2.24, 2.45) is 10.7 Å². The summed E-state index contributed by atoms with van der Waals surface area (Å²) in [6, 6.07) is 14.5. The molecule has 0 fully saturated rings. The third-order valence-electron chi connectivity index (χ3n) is 5.60. The highest BCUT2D eigenvalue weighted by Crippen LogP contribution is 2.42. The minimum absolute atomic E-state index is 0.318. The van der Waals surface area contributed by atoms with Gasteiger partial charge in [0.1, 0.15) is 11.4 Å². The van der Waals surface area contributed by atoms with Crippen molar-refractivity contribution >= 4 is 5.96 Å².